The summed E-state index contributed by atoms with van der Waals surface area (Å²) in [5.74, 6) is 1.20. The molecule has 5 nitrogen and oxygen atoms in total. The van der Waals surface area contributed by atoms with Gasteiger partial charge in [-0.25, -0.2) is 0 Å². The normalized spacial score (nSPS) is 10.1. The molecule has 1 amide bonds. The molecule has 7 heteroatoms. The van der Waals surface area contributed by atoms with Crippen LogP contribution in [0.5, 0.6) is 17.2 Å². The zero-order chi connectivity index (χ0) is 16.8. The lowest BCUT2D eigenvalue weighted by Gasteiger charge is -2.11. The van der Waals surface area contributed by atoms with Crippen LogP contribution in [0.4, 0.5) is 5.69 Å². The van der Waals surface area contributed by atoms with Gasteiger partial charge in [0.2, 0.25) is 0 Å². The van der Waals surface area contributed by atoms with Crippen molar-refractivity contribution >= 4 is 34.8 Å². The van der Waals surface area contributed by atoms with Crippen molar-refractivity contribution in [1.82, 2.24) is 0 Å². The molecule has 0 fully saturated rings. The van der Waals surface area contributed by atoms with Crippen LogP contribution in [0.1, 0.15) is 0 Å². The van der Waals surface area contributed by atoms with Crippen LogP contribution in [-0.2, 0) is 4.79 Å². The van der Waals surface area contributed by atoms with E-state index in [-0.39, 0.29) is 12.5 Å². The van der Waals surface area contributed by atoms with Gasteiger partial charge >= 0.3 is 0 Å². The summed E-state index contributed by atoms with van der Waals surface area (Å²) in [6.07, 6.45) is 0. The van der Waals surface area contributed by atoms with Crippen LogP contribution in [0, 0.1) is 0 Å². The fraction of sp³-hybridized carbons (Fsp3) is 0.188. The third-order valence-electron chi connectivity index (χ3n) is 2.87. The summed E-state index contributed by atoms with van der Waals surface area (Å²) in [5.41, 5.74) is 0.570. The van der Waals surface area contributed by atoms with Gasteiger partial charge in [0.15, 0.2) is 18.1 Å². The Morgan fingerprint density at radius 3 is 2.26 bits per heavy atom. The molecule has 0 unspecified atom stereocenters. The minimum atomic E-state index is -0.326. The maximum atomic E-state index is 11.9. The highest BCUT2D eigenvalue weighted by Gasteiger charge is 2.08. The predicted octanol–water partition coefficient (Wildman–Crippen LogP) is 4.03. The quantitative estimate of drug-likeness (QED) is 0.849. The van der Waals surface area contributed by atoms with Gasteiger partial charge in [-0.1, -0.05) is 23.2 Å². The molecule has 0 saturated heterocycles. The molecule has 0 saturated carbocycles. The second-order valence-electron chi connectivity index (χ2n) is 4.51. The van der Waals surface area contributed by atoms with Crippen molar-refractivity contribution < 1.29 is 19.0 Å². The first kappa shape index (κ1) is 17.2. The lowest BCUT2D eigenvalue weighted by atomic mass is 10.2. The molecule has 0 aliphatic rings. The fourth-order valence-corrected chi connectivity index (χ4v) is 2.38. The van der Waals surface area contributed by atoms with Crippen LogP contribution in [0.15, 0.2) is 36.4 Å². The van der Waals surface area contributed by atoms with Crippen molar-refractivity contribution in [3.8, 4) is 17.2 Å². The molecule has 2 aromatic rings. The number of benzene rings is 2. The van der Waals surface area contributed by atoms with Crippen molar-refractivity contribution in [2.24, 2.45) is 0 Å². The summed E-state index contributed by atoms with van der Waals surface area (Å²) in [5, 5.41) is 3.58. The molecule has 2 aromatic carbocycles. The Bertz CT molecular complexity index is 686. The largest absolute Gasteiger partial charge is 0.493 e. The van der Waals surface area contributed by atoms with Crippen LogP contribution in [0.3, 0.4) is 0 Å². The minimum Gasteiger partial charge on any atom is -0.493 e. The lowest BCUT2D eigenvalue weighted by molar-refractivity contribution is -0.118. The molecule has 0 radical (unpaired) electrons. The number of carbonyl (C=O) groups is 1. The van der Waals surface area contributed by atoms with E-state index in [9.17, 15) is 4.79 Å². The second kappa shape index (κ2) is 7.94. The molecule has 122 valence electrons. The summed E-state index contributed by atoms with van der Waals surface area (Å²) >= 11 is 11.7. The Morgan fingerprint density at radius 2 is 1.65 bits per heavy atom. The van der Waals surface area contributed by atoms with E-state index in [0.717, 1.165) is 0 Å². The average molecular weight is 356 g/mol. The Morgan fingerprint density at radius 1 is 1.00 bits per heavy atom. The number of hydrogen-bond donors (Lipinski definition) is 1. The summed E-state index contributed by atoms with van der Waals surface area (Å²) < 4.78 is 15.7. The van der Waals surface area contributed by atoms with Gasteiger partial charge < -0.3 is 19.5 Å². The van der Waals surface area contributed by atoms with Crippen molar-refractivity contribution in [2.45, 2.75) is 0 Å². The third kappa shape index (κ3) is 4.94. The molecule has 23 heavy (non-hydrogen) atoms. The number of halogens is 2. The van der Waals surface area contributed by atoms with Gasteiger partial charge in [-0.15, -0.1) is 0 Å². The Balaban J connectivity index is 1.97. The van der Waals surface area contributed by atoms with Gasteiger partial charge in [0.05, 0.1) is 14.2 Å². The summed E-state index contributed by atoms with van der Waals surface area (Å²) in [6, 6.07) is 9.81. The van der Waals surface area contributed by atoms with E-state index in [0.29, 0.717) is 33.0 Å². The molecule has 0 spiro atoms. The standard InChI is InChI=1S/C16H15Cl2NO4/c1-21-14-4-3-12(8-15(14)22-2)19-16(20)9-23-13-6-10(17)5-11(18)7-13/h3-8H,9H2,1-2H3,(H,19,20). The molecule has 0 aliphatic carbocycles. The smallest absolute Gasteiger partial charge is 0.262 e. The Kier molecular flexibility index (Phi) is 5.96. The summed E-state index contributed by atoms with van der Waals surface area (Å²) in [4.78, 5) is 11.9. The molecule has 0 aliphatic heterocycles. The van der Waals surface area contributed by atoms with Crippen molar-refractivity contribution in [3.05, 3.63) is 46.4 Å². The lowest BCUT2D eigenvalue weighted by Crippen LogP contribution is -2.20. The van der Waals surface area contributed by atoms with Gasteiger partial charge in [-0.3, -0.25) is 4.79 Å². The van der Waals surface area contributed by atoms with Gasteiger partial charge in [0, 0.05) is 21.8 Å². The van der Waals surface area contributed by atoms with Gasteiger partial charge in [0.1, 0.15) is 5.75 Å². The number of nitrogens with one attached hydrogen (secondary N) is 1. The number of methoxy groups -OCH3 is 2. The number of hydrogen-bond acceptors (Lipinski definition) is 4. The molecule has 1 N–H and O–H groups in total. The molecule has 2 rings (SSSR count). The minimum absolute atomic E-state index is 0.176. The Hall–Kier alpha value is -2.11. The molecule has 0 heterocycles. The maximum Gasteiger partial charge on any atom is 0.262 e. The number of amides is 1. The maximum absolute atomic E-state index is 11.9. The van der Waals surface area contributed by atoms with E-state index < -0.39 is 0 Å². The van der Waals surface area contributed by atoms with Crippen LogP contribution in [-0.4, -0.2) is 26.7 Å². The Labute approximate surface area is 144 Å². The highest BCUT2D eigenvalue weighted by molar-refractivity contribution is 6.34. The summed E-state index contributed by atoms with van der Waals surface area (Å²) in [6.45, 7) is -0.176. The van der Waals surface area contributed by atoms with Crippen LogP contribution < -0.4 is 19.5 Å². The van der Waals surface area contributed by atoms with Crippen molar-refractivity contribution in [3.63, 3.8) is 0 Å². The number of carbonyl (C=O) groups excluding carboxylic acids is 1. The number of anilines is 1. The van der Waals surface area contributed by atoms with Gasteiger partial charge in [0.25, 0.3) is 5.91 Å². The molecular formula is C16H15Cl2NO4. The van der Waals surface area contributed by atoms with Gasteiger partial charge in [-0.2, -0.15) is 0 Å². The second-order valence-corrected chi connectivity index (χ2v) is 5.38. The predicted molar refractivity (Wildman–Crippen MR) is 90.1 cm³/mol. The number of rotatable bonds is 6. The van der Waals surface area contributed by atoms with E-state index in [4.69, 9.17) is 37.4 Å². The van der Waals surface area contributed by atoms with E-state index in [1.54, 1.807) is 43.5 Å². The SMILES string of the molecule is COc1ccc(NC(=O)COc2cc(Cl)cc(Cl)c2)cc1OC. The third-order valence-corrected chi connectivity index (χ3v) is 3.31. The first-order valence-electron chi connectivity index (χ1n) is 6.62. The van der Waals surface area contributed by atoms with Crippen LogP contribution in [0.2, 0.25) is 10.0 Å². The number of ether oxygens (including phenoxy) is 3. The first-order valence-corrected chi connectivity index (χ1v) is 7.38. The highest BCUT2D eigenvalue weighted by Crippen LogP contribution is 2.29. The van der Waals surface area contributed by atoms with E-state index in [1.807, 2.05) is 0 Å². The molecular weight excluding hydrogens is 341 g/mol. The van der Waals surface area contributed by atoms with E-state index in [1.165, 1.54) is 7.11 Å². The summed E-state index contributed by atoms with van der Waals surface area (Å²) in [7, 11) is 3.07. The van der Waals surface area contributed by atoms with Gasteiger partial charge in [-0.05, 0) is 30.3 Å². The van der Waals surface area contributed by atoms with E-state index >= 15 is 0 Å². The zero-order valence-electron chi connectivity index (χ0n) is 12.6. The van der Waals surface area contributed by atoms with Crippen molar-refractivity contribution in [2.75, 3.05) is 26.1 Å². The van der Waals surface area contributed by atoms with E-state index in [2.05, 4.69) is 5.32 Å². The van der Waals surface area contributed by atoms with Crippen molar-refractivity contribution in [1.29, 1.82) is 0 Å². The monoisotopic (exact) mass is 355 g/mol. The topological polar surface area (TPSA) is 56.8 Å². The highest BCUT2D eigenvalue weighted by atomic mass is 35.5. The van der Waals surface area contributed by atoms with Crippen LogP contribution >= 0.6 is 23.2 Å². The first-order chi connectivity index (χ1) is 11.0. The average Bonchev–Trinajstić information content (AvgIpc) is 2.52. The molecule has 0 bridgehead atoms. The molecule has 0 atom stereocenters. The molecule has 0 aromatic heterocycles. The fourth-order valence-electron chi connectivity index (χ4n) is 1.87. The van der Waals surface area contributed by atoms with Crippen LogP contribution in [0.25, 0.3) is 0 Å². The zero-order valence-corrected chi connectivity index (χ0v) is 14.1.